The van der Waals surface area contributed by atoms with Crippen molar-refractivity contribution in [2.24, 2.45) is 5.73 Å². The van der Waals surface area contributed by atoms with Crippen molar-refractivity contribution in [1.29, 1.82) is 0 Å². The number of aromatic nitrogens is 2. The van der Waals surface area contributed by atoms with Crippen molar-refractivity contribution in [3.05, 3.63) is 22.6 Å². The number of hydrogen-bond acceptors (Lipinski definition) is 3. The van der Waals surface area contributed by atoms with Crippen LogP contribution in [0.4, 0.5) is 10.7 Å². The van der Waals surface area contributed by atoms with Crippen molar-refractivity contribution < 1.29 is 4.79 Å². The number of hydrogen-bond donors (Lipinski definition) is 3. The third-order valence-electron chi connectivity index (χ3n) is 0.913. The van der Waals surface area contributed by atoms with E-state index >= 15 is 0 Å². The quantitative estimate of drug-likeness (QED) is 0.634. The van der Waals surface area contributed by atoms with Gasteiger partial charge in [-0.25, -0.2) is 9.78 Å². The molecular weight excluding hydrogens is 219 g/mol. The van der Waals surface area contributed by atoms with Crippen LogP contribution in [0.5, 0.6) is 0 Å². The normalized spacial score (nSPS) is 7.69. The fourth-order valence-corrected chi connectivity index (χ4v) is 0.550. The summed E-state index contributed by atoms with van der Waals surface area (Å²) in [5.74, 6) is 0.0463. The number of amides is 2. The Balaban J connectivity index is 0. The molecule has 0 unspecified atom stereocenters. The van der Waals surface area contributed by atoms with E-state index in [4.69, 9.17) is 5.73 Å². The van der Waals surface area contributed by atoms with Crippen LogP contribution in [0, 0.1) is 0 Å². The molecular formula is C5H8Cl2N4O2. The molecule has 0 aliphatic carbocycles. The molecule has 0 saturated carbocycles. The van der Waals surface area contributed by atoms with Gasteiger partial charge in [-0.2, -0.15) is 0 Å². The first-order chi connectivity index (χ1) is 5.18. The lowest BCUT2D eigenvalue weighted by Crippen LogP contribution is -2.22. The van der Waals surface area contributed by atoms with Crippen LogP contribution in [0.2, 0.25) is 0 Å². The molecule has 0 fully saturated rings. The minimum absolute atomic E-state index is 0. The van der Waals surface area contributed by atoms with Crippen LogP contribution in [-0.2, 0) is 0 Å². The van der Waals surface area contributed by atoms with E-state index < -0.39 is 6.03 Å². The maximum Gasteiger partial charge on any atom is 0.318 e. The first-order valence-corrected chi connectivity index (χ1v) is 2.80. The maximum absolute atomic E-state index is 10.6. The van der Waals surface area contributed by atoms with Crippen molar-refractivity contribution in [3.8, 4) is 0 Å². The summed E-state index contributed by atoms with van der Waals surface area (Å²) in [7, 11) is 0. The molecule has 4 N–H and O–H groups in total. The monoisotopic (exact) mass is 226 g/mol. The summed E-state index contributed by atoms with van der Waals surface area (Å²) < 4.78 is 0. The summed E-state index contributed by atoms with van der Waals surface area (Å²) in [5, 5.41) is 2.12. The zero-order chi connectivity index (χ0) is 8.27. The molecule has 0 saturated heterocycles. The fraction of sp³-hybridized carbons (Fsp3) is 0. The van der Waals surface area contributed by atoms with Crippen LogP contribution in [-0.4, -0.2) is 16.0 Å². The Morgan fingerprint density at radius 3 is 2.62 bits per heavy atom. The lowest BCUT2D eigenvalue weighted by molar-refractivity contribution is 0.259. The van der Waals surface area contributed by atoms with Gasteiger partial charge in [0.15, 0.2) is 0 Å². The van der Waals surface area contributed by atoms with E-state index in [-0.39, 0.29) is 36.3 Å². The number of halogens is 2. The van der Waals surface area contributed by atoms with Crippen molar-refractivity contribution in [1.82, 2.24) is 9.97 Å². The van der Waals surface area contributed by atoms with Crippen LogP contribution >= 0.6 is 24.8 Å². The van der Waals surface area contributed by atoms with E-state index in [1.807, 2.05) is 0 Å². The number of aromatic amines is 1. The average molecular weight is 227 g/mol. The molecule has 13 heavy (non-hydrogen) atoms. The van der Waals surface area contributed by atoms with Crippen LogP contribution in [0.1, 0.15) is 0 Å². The Morgan fingerprint density at radius 1 is 1.54 bits per heavy atom. The number of nitrogens with one attached hydrogen (secondary N) is 2. The molecule has 1 heterocycles. The summed E-state index contributed by atoms with van der Waals surface area (Å²) in [6, 6.07) is 0.464. The Bertz CT molecular complexity index is 326. The highest BCUT2D eigenvalue weighted by molar-refractivity contribution is 5.86. The second kappa shape index (κ2) is 6.27. The summed E-state index contributed by atoms with van der Waals surface area (Å²) in [6.07, 6.45) is 1.27. The molecule has 1 rings (SSSR count). The van der Waals surface area contributed by atoms with Gasteiger partial charge >= 0.3 is 6.03 Å². The highest BCUT2D eigenvalue weighted by atomic mass is 35.5. The number of nitrogens with zero attached hydrogens (tertiary/aromatic N) is 1. The number of H-pyrrole nitrogens is 1. The van der Waals surface area contributed by atoms with Crippen molar-refractivity contribution in [2.45, 2.75) is 0 Å². The van der Waals surface area contributed by atoms with Gasteiger partial charge in [-0.3, -0.25) is 15.1 Å². The molecule has 0 atom stereocenters. The number of nitrogens with two attached hydrogens (primary N) is 1. The minimum Gasteiger partial charge on any atom is -0.351 e. The van der Waals surface area contributed by atoms with Gasteiger partial charge in [0, 0.05) is 12.3 Å². The lowest BCUT2D eigenvalue weighted by atomic mass is 10.6. The van der Waals surface area contributed by atoms with Crippen molar-refractivity contribution >= 4 is 36.8 Å². The van der Waals surface area contributed by atoms with Gasteiger partial charge in [0.1, 0.15) is 0 Å². The fourth-order valence-electron chi connectivity index (χ4n) is 0.550. The third kappa shape index (κ3) is 5.05. The molecule has 8 heteroatoms. The Labute approximate surface area is 85.8 Å². The first-order valence-electron chi connectivity index (χ1n) is 2.80. The number of rotatable bonds is 1. The van der Waals surface area contributed by atoms with Gasteiger partial charge in [0.05, 0.1) is 0 Å². The van der Waals surface area contributed by atoms with Crippen LogP contribution < -0.4 is 16.6 Å². The number of carbonyl (C=O) groups is 1. The van der Waals surface area contributed by atoms with Gasteiger partial charge in [0.2, 0.25) is 5.95 Å². The zero-order valence-corrected chi connectivity index (χ0v) is 7.95. The van der Waals surface area contributed by atoms with Gasteiger partial charge in [0.25, 0.3) is 5.56 Å². The van der Waals surface area contributed by atoms with Crippen LogP contribution in [0.3, 0.4) is 0 Å². The van der Waals surface area contributed by atoms with Gasteiger partial charge in [-0.15, -0.1) is 24.8 Å². The van der Waals surface area contributed by atoms with E-state index in [0.717, 1.165) is 0 Å². The number of anilines is 1. The molecule has 0 aromatic carbocycles. The third-order valence-corrected chi connectivity index (χ3v) is 0.913. The summed E-state index contributed by atoms with van der Waals surface area (Å²) >= 11 is 0. The topological polar surface area (TPSA) is 101 Å². The first kappa shape index (κ1) is 14.3. The van der Waals surface area contributed by atoms with E-state index in [1.54, 1.807) is 0 Å². The largest absolute Gasteiger partial charge is 0.351 e. The molecule has 0 radical (unpaired) electrons. The molecule has 1 aromatic rings. The highest BCUT2D eigenvalue weighted by Crippen LogP contribution is 1.87. The molecule has 0 bridgehead atoms. The van der Waals surface area contributed by atoms with Crippen LogP contribution in [0.15, 0.2) is 17.1 Å². The summed E-state index contributed by atoms with van der Waals surface area (Å²) in [6.45, 7) is 0. The second-order valence-corrected chi connectivity index (χ2v) is 1.77. The summed E-state index contributed by atoms with van der Waals surface area (Å²) in [4.78, 5) is 26.7. The van der Waals surface area contributed by atoms with E-state index in [1.165, 1.54) is 12.3 Å². The maximum atomic E-state index is 10.6. The Kier molecular flexibility index (Phi) is 6.88. The number of primary amides is 1. The Morgan fingerprint density at radius 2 is 2.15 bits per heavy atom. The van der Waals surface area contributed by atoms with E-state index in [2.05, 4.69) is 15.3 Å². The van der Waals surface area contributed by atoms with Gasteiger partial charge in [-0.1, -0.05) is 0 Å². The molecule has 1 aromatic heterocycles. The molecule has 0 spiro atoms. The SMILES string of the molecule is Cl.Cl.NC(=O)Nc1nccc(=O)[nH]1. The molecule has 74 valence electrons. The lowest BCUT2D eigenvalue weighted by Gasteiger charge is -1.96. The zero-order valence-electron chi connectivity index (χ0n) is 6.31. The predicted octanol–water partition coefficient (Wildman–Crippen LogP) is 0.104. The molecule has 2 amide bonds. The predicted molar refractivity (Wildman–Crippen MR) is 52.6 cm³/mol. The number of urea groups is 1. The molecule has 6 nitrogen and oxygen atoms in total. The standard InChI is InChI=1S/C5H6N4O2.2ClH/c6-4(11)9-5-7-2-1-3(10)8-5;;/h1-2H,(H4,6,7,8,9,10,11);2*1H. The second-order valence-electron chi connectivity index (χ2n) is 1.77. The van der Waals surface area contributed by atoms with Gasteiger partial charge in [-0.05, 0) is 0 Å². The van der Waals surface area contributed by atoms with Crippen molar-refractivity contribution in [3.63, 3.8) is 0 Å². The van der Waals surface area contributed by atoms with Crippen LogP contribution in [0.25, 0.3) is 0 Å². The van der Waals surface area contributed by atoms with E-state index in [9.17, 15) is 9.59 Å². The van der Waals surface area contributed by atoms with E-state index in [0.29, 0.717) is 0 Å². The molecule has 0 aliphatic heterocycles. The smallest absolute Gasteiger partial charge is 0.318 e. The average Bonchev–Trinajstić information content (AvgIpc) is 1.85. The Hall–Kier alpha value is -1.27. The highest BCUT2D eigenvalue weighted by Gasteiger charge is 1.95. The van der Waals surface area contributed by atoms with Crippen molar-refractivity contribution in [2.75, 3.05) is 5.32 Å². The summed E-state index contributed by atoms with van der Waals surface area (Å²) in [5.41, 5.74) is 4.42. The number of carbonyl (C=O) groups excluding carboxylic acids is 1. The minimum atomic E-state index is -0.764. The molecule has 0 aliphatic rings. The van der Waals surface area contributed by atoms with Gasteiger partial charge < -0.3 is 5.73 Å².